The summed E-state index contributed by atoms with van der Waals surface area (Å²) in [6.45, 7) is 4.13. The fraction of sp³-hybridized carbons (Fsp3) is 0.818. The van der Waals surface area contributed by atoms with Crippen LogP contribution in [0.1, 0.15) is 20.3 Å². The Balaban J connectivity index is 4.34. The van der Waals surface area contributed by atoms with Gasteiger partial charge in [0.2, 0.25) is 5.91 Å². The zero-order valence-corrected chi connectivity index (χ0v) is 11.5. The predicted molar refractivity (Wildman–Crippen MR) is 70.0 cm³/mol. The van der Waals surface area contributed by atoms with Crippen molar-refractivity contribution in [2.24, 2.45) is 11.7 Å². The molecule has 0 spiro atoms. The van der Waals surface area contributed by atoms with Gasteiger partial charge in [-0.15, -0.1) is 0 Å². The maximum atomic E-state index is 11.9. The van der Waals surface area contributed by atoms with Crippen LogP contribution in [0.2, 0.25) is 0 Å². The summed E-state index contributed by atoms with van der Waals surface area (Å²) in [5.74, 6) is -0.783. The van der Waals surface area contributed by atoms with Crippen molar-refractivity contribution in [3.05, 3.63) is 0 Å². The number of hydrogen-bond acceptors (Lipinski definition) is 4. The first-order chi connectivity index (χ1) is 7.93. The van der Waals surface area contributed by atoms with Gasteiger partial charge in [0, 0.05) is 13.1 Å². The highest BCUT2D eigenvalue weighted by atomic mass is 32.2. The molecule has 1 unspecified atom stereocenters. The summed E-state index contributed by atoms with van der Waals surface area (Å²) in [5, 5.41) is 8.82. The number of amides is 1. The Bertz CT molecular complexity index is 261. The zero-order valence-electron chi connectivity index (χ0n) is 10.7. The molecule has 0 aliphatic rings. The highest BCUT2D eigenvalue weighted by Gasteiger charge is 2.23. The molecule has 0 saturated heterocycles. The van der Waals surface area contributed by atoms with E-state index in [1.807, 2.05) is 13.2 Å². The Kier molecular flexibility index (Phi) is 7.99. The largest absolute Gasteiger partial charge is 0.481 e. The van der Waals surface area contributed by atoms with Gasteiger partial charge >= 0.3 is 5.97 Å². The van der Waals surface area contributed by atoms with Crippen LogP contribution in [-0.2, 0) is 9.59 Å². The second-order valence-electron chi connectivity index (χ2n) is 4.00. The number of carboxylic acid groups (broad SMARTS) is 1. The molecule has 0 rings (SSSR count). The van der Waals surface area contributed by atoms with Crippen molar-refractivity contribution in [1.29, 1.82) is 0 Å². The Labute approximate surface area is 107 Å². The number of carbonyl (C=O) groups is 2. The maximum absolute atomic E-state index is 11.9. The second-order valence-corrected chi connectivity index (χ2v) is 4.99. The molecule has 0 bridgehead atoms. The lowest BCUT2D eigenvalue weighted by molar-refractivity contribution is -0.143. The van der Waals surface area contributed by atoms with Gasteiger partial charge in [0.15, 0.2) is 0 Å². The van der Waals surface area contributed by atoms with E-state index in [0.29, 0.717) is 13.0 Å². The first kappa shape index (κ1) is 16.2. The number of carbonyl (C=O) groups excluding carboxylic acids is 1. The summed E-state index contributed by atoms with van der Waals surface area (Å²) < 4.78 is 0. The van der Waals surface area contributed by atoms with Gasteiger partial charge in [0.25, 0.3) is 0 Å². The lowest BCUT2D eigenvalue weighted by atomic mass is 10.1. The SMILES string of the molecule is CCN(CC(C)C(=O)O)C(=O)[C@H](N)CCSC. The molecular weight excluding hydrogens is 240 g/mol. The summed E-state index contributed by atoms with van der Waals surface area (Å²) in [6.07, 6.45) is 2.58. The number of carboxylic acids is 1. The van der Waals surface area contributed by atoms with Crippen molar-refractivity contribution < 1.29 is 14.7 Å². The monoisotopic (exact) mass is 262 g/mol. The van der Waals surface area contributed by atoms with E-state index in [1.165, 1.54) is 4.90 Å². The van der Waals surface area contributed by atoms with Gasteiger partial charge in [-0.05, 0) is 25.4 Å². The van der Waals surface area contributed by atoms with Crippen LogP contribution in [0.3, 0.4) is 0 Å². The van der Waals surface area contributed by atoms with Crippen molar-refractivity contribution in [1.82, 2.24) is 4.90 Å². The Morgan fingerprint density at radius 2 is 2.06 bits per heavy atom. The lowest BCUT2D eigenvalue weighted by Gasteiger charge is -2.25. The van der Waals surface area contributed by atoms with E-state index < -0.39 is 17.9 Å². The highest BCUT2D eigenvalue weighted by Crippen LogP contribution is 2.06. The van der Waals surface area contributed by atoms with Crippen LogP contribution in [-0.4, -0.2) is 53.0 Å². The van der Waals surface area contributed by atoms with E-state index in [2.05, 4.69) is 0 Å². The average molecular weight is 262 g/mol. The standard InChI is InChI=1S/C11H22N2O3S/c1-4-13(7-8(2)11(15)16)10(14)9(12)5-6-17-3/h8-9H,4-7,12H2,1-3H3,(H,15,16)/t8?,9-/m1/s1. The molecule has 0 radical (unpaired) electrons. The van der Waals surface area contributed by atoms with Gasteiger partial charge in [-0.25, -0.2) is 0 Å². The lowest BCUT2D eigenvalue weighted by Crippen LogP contribution is -2.46. The van der Waals surface area contributed by atoms with Crippen LogP contribution in [0, 0.1) is 5.92 Å². The van der Waals surface area contributed by atoms with Crippen molar-refractivity contribution in [2.75, 3.05) is 25.1 Å². The first-order valence-electron chi connectivity index (χ1n) is 5.70. The fourth-order valence-corrected chi connectivity index (χ4v) is 1.88. The summed E-state index contributed by atoms with van der Waals surface area (Å²) in [7, 11) is 0. The number of hydrogen-bond donors (Lipinski definition) is 2. The predicted octanol–water partition coefficient (Wildman–Crippen LogP) is 0.636. The zero-order chi connectivity index (χ0) is 13.4. The highest BCUT2D eigenvalue weighted by molar-refractivity contribution is 7.98. The molecule has 0 saturated carbocycles. The van der Waals surface area contributed by atoms with Crippen molar-refractivity contribution >= 4 is 23.6 Å². The number of rotatable bonds is 8. The van der Waals surface area contributed by atoms with E-state index >= 15 is 0 Å². The summed E-state index contributed by atoms with van der Waals surface area (Å²) in [4.78, 5) is 24.2. The summed E-state index contributed by atoms with van der Waals surface area (Å²) in [6, 6.07) is -0.525. The molecule has 17 heavy (non-hydrogen) atoms. The molecule has 1 amide bonds. The molecule has 6 heteroatoms. The Hall–Kier alpha value is -0.750. The minimum atomic E-state index is -0.895. The van der Waals surface area contributed by atoms with Gasteiger partial charge in [-0.1, -0.05) is 6.92 Å². The maximum Gasteiger partial charge on any atom is 0.308 e. The quantitative estimate of drug-likeness (QED) is 0.670. The number of thioether (sulfide) groups is 1. The third kappa shape index (κ3) is 5.93. The number of aliphatic carboxylic acids is 1. The second kappa shape index (κ2) is 8.36. The van der Waals surface area contributed by atoms with Crippen molar-refractivity contribution in [3.63, 3.8) is 0 Å². The summed E-state index contributed by atoms with van der Waals surface area (Å²) >= 11 is 1.64. The number of likely N-dealkylation sites (N-methyl/N-ethyl adjacent to an activating group) is 1. The van der Waals surface area contributed by atoms with Crippen LogP contribution in [0.15, 0.2) is 0 Å². The molecular formula is C11H22N2O3S. The van der Waals surface area contributed by atoms with Gasteiger partial charge in [-0.2, -0.15) is 11.8 Å². The van der Waals surface area contributed by atoms with Crippen LogP contribution in [0.25, 0.3) is 0 Å². The third-order valence-electron chi connectivity index (χ3n) is 2.56. The third-order valence-corrected chi connectivity index (χ3v) is 3.20. The minimum Gasteiger partial charge on any atom is -0.481 e. The van der Waals surface area contributed by atoms with Crippen LogP contribution >= 0.6 is 11.8 Å². The molecule has 0 aromatic carbocycles. The van der Waals surface area contributed by atoms with Gasteiger partial charge in [0.1, 0.15) is 0 Å². The minimum absolute atomic E-state index is 0.158. The van der Waals surface area contributed by atoms with E-state index in [1.54, 1.807) is 18.7 Å². The molecule has 2 atom stereocenters. The smallest absolute Gasteiger partial charge is 0.308 e. The molecule has 0 aliphatic heterocycles. The van der Waals surface area contributed by atoms with Gasteiger partial charge in [0.05, 0.1) is 12.0 Å². The van der Waals surface area contributed by atoms with E-state index in [9.17, 15) is 9.59 Å². The Morgan fingerprint density at radius 1 is 1.47 bits per heavy atom. The van der Waals surface area contributed by atoms with E-state index in [4.69, 9.17) is 10.8 Å². The summed E-state index contributed by atoms with van der Waals surface area (Å²) in [5.41, 5.74) is 5.78. The van der Waals surface area contributed by atoms with Gasteiger partial charge < -0.3 is 15.7 Å². The van der Waals surface area contributed by atoms with Crippen LogP contribution < -0.4 is 5.73 Å². The molecule has 0 heterocycles. The van der Waals surface area contributed by atoms with Crippen LogP contribution in [0.4, 0.5) is 0 Å². The van der Waals surface area contributed by atoms with E-state index in [0.717, 1.165) is 5.75 Å². The fourth-order valence-electron chi connectivity index (χ4n) is 1.39. The van der Waals surface area contributed by atoms with Crippen molar-refractivity contribution in [2.45, 2.75) is 26.3 Å². The van der Waals surface area contributed by atoms with Gasteiger partial charge in [-0.3, -0.25) is 9.59 Å². The van der Waals surface area contributed by atoms with Crippen LogP contribution in [0.5, 0.6) is 0 Å². The molecule has 0 aromatic heterocycles. The molecule has 3 N–H and O–H groups in total. The van der Waals surface area contributed by atoms with E-state index in [-0.39, 0.29) is 12.5 Å². The molecule has 0 fully saturated rings. The molecule has 100 valence electrons. The van der Waals surface area contributed by atoms with Crippen molar-refractivity contribution in [3.8, 4) is 0 Å². The number of nitrogens with zero attached hydrogens (tertiary/aromatic N) is 1. The molecule has 5 nitrogen and oxygen atoms in total. The Morgan fingerprint density at radius 3 is 2.47 bits per heavy atom. The molecule has 0 aliphatic carbocycles. The topological polar surface area (TPSA) is 83.6 Å². The average Bonchev–Trinajstić information content (AvgIpc) is 2.31. The molecule has 0 aromatic rings. The number of nitrogens with two attached hydrogens (primary N) is 1. The first-order valence-corrected chi connectivity index (χ1v) is 7.09. The normalized spacial score (nSPS) is 14.1.